The number of ether oxygens (including phenoxy) is 5. The molecule has 0 saturated carbocycles. The molecule has 0 aromatic heterocycles. The molecule has 1 aliphatic rings. The fourth-order valence-electron chi connectivity index (χ4n) is 2.10. The van der Waals surface area contributed by atoms with Crippen LogP contribution < -0.4 is 14.2 Å². The molecular formula is C16H18O7. The standard InChI is InChI=1S/C16H18O7/c1-19-12-9-14(21-3)13(20-2)8-10(12)4-5-15(17)23-11-6-7-22-16(11)18/h4-5,8-9,11H,6-7H2,1-3H3/b5-4+/t11-/m1/s1. The number of hydrogen-bond acceptors (Lipinski definition) is 7. The molecule has 1 fully saturated rings. The molecule has 0 aliphatic carbocycles. The molecule has 1 heterocycles. The maximum atomic E-state index is 11.8. The van der Waals surface area contributed by atoms with Crippen molar-refractivity contribution in [3.63, 3.8) is 0 Å². The van der Waals surface area contributed by atoms with E-state index >= 15 is 0 Å². The number of benzene rings is 1. The van der Waals surface area contributed by atoms with Crippen molar-refractivity contribution in [3.8, 4) is 17.2 Å². The van der Waals surface area contributed by atoms with Gasteiger partial charge in [-0.2, -0.15) is 0 Å². The van der Waals surface area contributed by atoms with Crippen LogP contribution in [0.3, 0.4) is 0 Å². The van der Waals surface area contributed by atoms with E-state index in [1.807, 2.05) is 0 Å². The number of carbonyl (C=O) groups excluding carboxylic acids is 2. The van der Waals surface area contributed by atoms with Crippen molar-refractivity contribution in [2.75, 3.05) is 27.9 Å². The molecule has 1 aromatic rings. The molecular weight excluding hydrogens is 304 g/mol. The Balaban J connectivity index is 2.14. The molecule has 124 valence electrons. The second-order valence-electron chi connectivity index (χ2n) is 4.66. The summed E-state index contributed by atoms with van der Waals surface area (Å²) in [5, 5.41) is 0. The summed E-state index contributed by atoms with van der Waals surface area (Å²) >= 11 is 0. The minimum atomic E-state index is -0.834. The van der Waals surface area contributed by atoms with Gasteiger partial charge in [0.2, 0.25) is 6.10 Å². The lowest BCUT2D eigenvalue weighted by Crippen LogP contribution is -2.21. The van der Waals surface area contributed by atoms with Crippen LogP contribution >= 0.6 is 0 Å². The van der Waals surface area contributed by atoms with Crippen molar-refractivity contribution < 1.29 is 33.3 Å². The summed E-state index contributed by atoms with van der Waals surface area (Å²) in [6, 6.07) is 3.32. The predicted octanol–water partition coefficient (Wildman–Crippen LogP) is 1.58. The molecule has 1 aliphatic heterocycles. The quantitative estimate of drug-likeness (QED) is 0.581. The smallest absolute Gasteiger partial charge is 0.347 e. The Morgan fingerprint density at radius 1 is 1.13 bits per heavy atom. The van der Waals surface area contributed by atoms with Gasteiger partial charge >= 0.3 is 11.9 Å². The van der Waals surface area contributed by atoms with Crippen molar-refractivity contribution in [2.45, 2.75) is 12.5 Å². The maximum absolute atomic E-state index is 11.8. The van der Waals surface area contributed by atoms with E-state index in [0.29, 0.717) is 29.2 Å². The molecule has 7 heteroatoms. The van der Waals surface area contributed by atoms with Crippen molar-refractivity contribution >= 4 is 18.0 Å². The largest absolute Gasteiger partial charge is 0.496 e. The third-order valence-electron chi connectivity index (χ3n) is 3.28. The third kappa shape index (κ3) is 3.94. The van der Waals surface area contributed by atoms with Gasteiger partial charge < -0.3 is 23.7 Å². The fourth-order valence-corrected chi connectivity index (χ4v) is 2.10. The van der Waals surface area contributed by atoms with E-state index in [4.69, 9.17) is 23.7 Å². The first-order chi connectivity index (χ1) is 11.1. The van der Waals surface area contributed by atoms with Crippen molar-refractivity contribution in [3.05, 3.63) is 23.8 Å². The van der Waals surface area contributed by atoms with Gasteiger partial charge in [0.25, 0.3) is 0 Å². The zero-order valence-electron chi connectivity index (χ0n) is 13.2. The molecule has 0 amide bonds. The van der Waals surface area contributed by atoms with E-state index in [2.05, 4.69) is 0 Å². The van der Waals surface area contributed by atoms with E-state index < -0.39 is 18.0 Å². The Hall–Kier alpha value is -2.70. The molecule has 1 saturated heterocycles. The normalized spacial score (nSPS) is 17.0. The molecule has 1 aromatic carbocycles. The summed E-state index contributed by atoms with van der Waals surface area (Å²) in [5.74, 6) is 0.367. The van der Waals surface area contributed by atoms with Crippen LogP contribution in [0.2, 0.25) is 0 Å². The number of rotatable bonds is 6. The van der Waals surface area contributed by atoms with Gasteiger partial charge in [-0.1, -0.05) is 0 Å². The number of hydrogen-bond donors (Lipinski definition) is 0. The van der Waals surface area contributed by atoms with Gasteiger partial charge in [0, 0.05) is 24.1 Å². The summed E-state index contributed by atoms with van der Waals surface area (Å²) in [7, 11) is 4.54. The second-order valence-corrected chi connectivity index (χ2v) is 4.66. The summed E-state index contributed by atoms with van der Waals surface area (Å²) in [6.07, 6.45) is 2.27. The van der Waals surface area contributed by atoms with E-state index in [9.17, 15) is 9.59 Å². The third-order valence-corrected chi connectivity index (χ3v) is 3.28. The topological polar surface area (TPSA) is 80.3 Å². The Kier molecular flexibility index (Phi) is 5.46. The van der Waals surface area contributed by atoms with E-state index in [1.54, 1.807) is 12.1 Å². The molecule has 0 bridgehead atoms. The van der Waals surface area contributed by atoms with Gasteiger partial charge in [0.1, 0.15) is 5.75 Å². The molecule has 0 spiro atoms. The highest BCUT2D eigenvalue weighted by Gasteiger charge is 2.29. The number of carbonyl (C=O) groups is 2. The second kappa shape index (κ2) is 7.53. The first-order valence-electron chi connectivity index (χ1n) is 6.94. The highest BCUT2D eigenvalue weighted by atomic mass is 16.6. The van der Waals surface area contributed by atoms with Crippen molar-refractivity contribution in [1.82, 2.24) is 0 Å². The van der Waals surface area contributed by atoms with Gasteiger partial charge in [-0.3, -0.25) is 0 Å². The molecule has 0 N–H and O–H groups in total. The molecule has 1 atom stereocenters. The van der Waals surface area contributed by atoms with Crippen molar-refractivity contribution in [1.29, 1.82) is 0 Å². The Morgan fingerprint density at radius 3 is 2.35 bits per heavy atom. The van der Waals surface area contributed by atoms with Crippen LogP contribution in [0.4, 0.5) is 0 Å². The summed E-state index contributed by atoms with van der Waals surface area (Å²) in [4.78, 5) is 23.0. The Bertz CT molecular complexity index is 621. The highest BCUT2D eigenvalue weighted by Crippen LogP contribution is 2.35. The lowest BCUT2D eigenvalue weighted by atomic mass is 10.1. The van der Waals surface area contributed by atoms with Crippen LogP contribution in [0.25, 0.3) is 6.08 Å². The van der Waals surface area contributed by atoms with Crippen LogP contribution in [0, 0.1) is 0 Å². The molecule has 7 nitrogen and oxygen atoms in total. The van der Waals surface area contributed by atoms with Crippen LogP contribution in [-0.4, -0.2) is 46.0 Å². The SMILES string of the molecule is COc1cc(OC)c(OC)cc1/C=C/C(=O)O[C@@H]1CCOC1=O. The minimum Gasteiger partial charge on any atom is -0.496 e. The van der Waals surface area contributed by atoms with Gasteiger partial charge in [-0.15, -0.1) is 0 Å². The van der Waals surface area contributed by atoms with Crippen molar-refractivity contribution in [2.24, 2.45) is 0 Å². The molecule has 0 unspecified atom stereocenters. The molecule has 2 rings (SSSR count). The van der Waals surface area contributed by atoms with Crippen LogP contribution in [0.15, 0.2) is 18.2 Å². The summed E-state index contributed by atoms with van der Waals surface area (Å²) < 4.78 is 25.4. The summed E-state index contributed by atoms with van der Waals surface area (Å²) in [5.41, 5.74) is 0.607. The molecule has 23 heavy (non-hydrogen) atoms. The van der Waals surface area contributed by atoms with E-state index in [0.717, 1.165) is 0 Å². The van der Waals surface area contributed by atoms with E-state index in [1.165, 1.54) is 33.5 Å². The first kappa shape index (κ1) is 16.7. The fraction of sp³-hybridized carbons (Fsp3) is 0.375. The van der Waals surface area contributed by atoms with Gasteiger partial charge in [0.05, 0.1) is 27.9 Å². The molecule has 0 radical (unpaired) electrons. The Labute approximate surface area is 133 Å². The number of esters is 2. The van der Waals surface area contributed by atoms with Gasteiger partial charge in [-0.05, 0) is 12.1 Å². The van der Waals surface area contributed by atoms with Crippen LogP contribution in [-0.2, 0) is 19.1 Å². The first-order valence-corrected chi connectivity index (χ1v) is 6.94. The highest BCUT2D eigenvalue weighted by molar-refractivity contribution is 5.90. The average molecular weight is 322 g/mol. The lowest BCUT2D eigenvalue weighted by molar-refractivity contribution is -0.156. The van der Waals surface area contributed by atoms with Crippen LogP contribution in [0.5, 0.6) is 17.2 Å². The number of cyclic esters (lactones) is 1. The average Bonchev–Trinajstić information content (AvgIpc) is 2.96. The number of methoxy groups -OCH3 is 3. The maximum Gasteiger partial charge on any atom is 0.347 e. The zero-order valence-corrected chi connectivity index (χ0v) is 13.2. The minimum absolute atomic E-state index is 0.268. The van der Waals surface area contributed by atoms with Gasteiger partial charge in [-0.25, -0.2) is 9.59 Å². The van der Waals surface area contributed by atoms with E-state index in [-0.39, 0.29) is 6.61 Å². The van der Waals surface area contributed by atoms with Gasteiger partial charge in [0.15, 0.2) is 11.5 Å². The summed E-state index contributed by atoms with van der Waals surface area (Å²) in [6.45, 7) is 0.268. The predicted molar refractivity (Wildman–Crippen MR) is 80.6 cm³/mol. The monoisotopic (exact) mass is 322 g/mol. The van der Waals surface area contributed by atoms with Crippen LogP contribution in [0.1, 0.15) is 12.0 Å². The lowest BCUT2D eigenvalue weighted by Gasteiger charge is -2.12. The zero-order chi connectivity index (χ0) is 16.8. The Morgan fingerprint density at radius 2 is 1.78 bits per heavy atom.